The van der Waals surface area contributed by atoms with E-state index in [-0.39, 0.29) is 19.5 Å². The number of amides is 1. The van der Waals surface area contributed by atoms with Crippen LogP contribution < -0.4 is 11.1 Å². The first-order valence-corrected chi connectivity index (χ1v) is 6.30. The molecule has 0 saturated carbocycles. The van der Waals surface area contributed by atoms with Crippen LogP contribution in [0.5, 0.6) is 0 Å². The molecule has 0 spiro atoms. The Bertz CT molecular complexity index is 562. The zero-order chi connectivity index (χ0) is 15.6. The normalized spacial score (nSPS) is 22.2. The van der Waals surface area contributed by atoms with E-state index in [1.165, 1.54) is 11.0 Å². The molecule has 1 unspecified atom stereocenters. The molecule has 6 nitrogen and oxygen atoms in total. The zero-order valence-electron chi connectivity index (χ0n) is 11.1. The Morgan fingerprint density at radius 1 is 1.38 bits per heavy atom. The Balaban J connectivity index is 1.96. The molecule has 1 fully saturated rings. The molecule has 1 aliphatic rings. The number of carboxylic acid groups (broad SMARTS) is 1. The lowest BCUT2D eigenvalue weighted by Crippen LogP contribution is -2.50. The van der Waals surface area contributed by atoms with Crippen LogP contribution in [0, 0.1) is 11.6 Å². The largest absolute Gasteiger partial charge is 0.480 e. The van der Waals surface area contributed by atoms with Crippen LogP contribution in [0.1, 0.15) is 6.42 Å². The maximum Gasteiger partial charge on any atom is 0.325 e. The fourth-order valence-corrected chi connectivity index (χ4v) is 2.22. The molecule has 1 heterocycles. The summed E-state index contributed by atoms with van der Waals surface area (Å²) in [5.41, 5.74) is 3.78. The summed E-state index contributed by atoms with van der Waals surface area (Å²) in [4.78, 5) is 24.3. The van der Waals surface area contributed by atoms with Crippen LogP contribution >= 0.6 is 0 Å². The van der Waals surface area contributed by atoms with E-state index in [9.17, 15) is 18.4 Å². The van der Waals surface area contributed by atoms with Crippen molar-refractivity contribution in [2.75, 3.05) is 25.0 Å². The standard InChI is InChI=1S/C13H15F2N3O3/c14-8-2-1-3-9(15)11(8)17-10(19)6-18-5-4-13(16,7-18)12(20)21/h1-3H,4-7,16H2,(H,17,19)(H,20,21). The summed E-state index contributed by atoms with van der Waals surface area (Å²) in [6.07, 6.45) is 0.212. The first kappa shape index (κ1) is 15.3. The number of hydrogen-bond acceptors (Lipinski definition) is 4. The lowest BCUT2D eigenvalue weighted by molar-refractivity contribution is -0.143. The summed E-state index contributed by atoms with van der Waals surface area (Å²) in [5, 5.41) is 11.1. The van der Waals surface area contributed by atoms with E-state index in [0.29, 0.717) is 6.54 Å². The molecule has 0 radical (unpaired) electrons. The summed E-state index contributed by atoms with van der Waals surface area (Å²) in [6.45, 7) is 0.158. The zero-order valence-corrected chi connectivity index (χ0v) is 11.1. The third kappa shape index (κ3) is 3.34. The van der Waals surface area contributed by atoms with Crippen molar-refractivity contribution in [2.24, 2.45) is 5.73 Å². The highest BCUT2D eigenvalue weighted by Crippen LogP contribution is 2.20. The number of hydrogen-bond donors (Lipinski definition) is 3. The number of carboxylic acids is 1. The number of rotatable bonds is 4. The molecule has 0 bridgehead atoms. The number of nitrogens with one attached hydrogen (secondary N) is 1. The second-order valence-corrected chi connectivity index (χ2v) is 5.07. The third-order valence-corrected chi connectivity index (χ3v) is 3.40. The van der Waals surface area contributed by atoms with Gasteiger partial charge in [0, 0.05) is 13.1 Å². The molecule has 1 atom stereocenters. The van der Waals surface area contributed by atoms with E-state index in [4.69, 9.17) is 10.8 Å². The second-order valence-electron chi connectivity index (χ2n) is 5.07. The summed E-state index contributed by atoms with van der Waals surface area (Å²) in [7, 11) is 0. The van der Waals surface area contributed by atoms with Crippen molar-refractivity contribution in [1.29, 1.82) is 0 Å². The predicted octanol–water partition coefficient (Wildman–Crippen LogP) is 0.391. The van der Waals surface area contributed by atoms with Gasteiger partial charge >= 0.3 is 5.97 Å². The maximum absolute atomic E-state index is 13.4. The third-order valence-electron chi connectivity index (χ3n) is 3.40. The Morgan fingerprint density at radius 2 is 2.00 bits per heavy atom. The first-order valence-electron chi connectivity index (χ1n) is 6.30. The Kier molecular flexibility index (Phi) is 4.19. The van der Waals surface area contributed by atoms with Gasteiger partial charge < -0.3 is 16.2 Å². The molecular weight excluding hydrogens is 284 g/mol. The highest BCUT2D eigenvalue weighted by Gasteiger charge is 2.41. The average Bonchev–Trinajstić information content (AvgIpc) is 2.77. The number of para-hydroxylation sites is 1. The molecule has 2 rings (SSSR count). The van der Waals surface area contributed by atoms with Gasteiger partial charge in [0.1, 0.15) is 22.9 Å². The number of carbonyl (C=O) groups excluding carboxylic acids is 1. The van der Waals surface area contributed by atoms with Crippen LogP contribution in [0.4, 0.5) is 14.5 Å². The molecule has 0 aromatic heterocycles. The number of anilines is 1. The number of nitrogens with zero attached hydrogens (tertiary/aromatic N) is 1. The molecule has 21 heavy (non-hydrogen) atoms. The fraction of sp³-hybridized carbons (Fsp3) is 0.385. The van der Waals surface area contributed by atoms with E-state index >= 15 is 0 Å². The van der Waals surface area contributed by atoms with Gasteiger partial charge in [0.25, 0.3) is 0 Å². The quantitative estimate of drug-likeness (QED) is 0.747. The van der Waals surface area contributed by atoms with Crippen LogP contribution in [0.3, 0.4) is 0 Å². The SMILES string of the molecule is NC1(C(=O)O)CCN(CC(=O)Nc2c(F)cccc2F)C1. The highest BCUT2D eigenvalue weighted by molar-refractivity contribution is 5.92. The predicted molar refractivity (Wildman–Crippen MR) is 70.6 cm³/mol. The number of nitrogens with two attached hydrogens (primary N) is 1. The highest BCUT2D eigenvalue weighted by atomic mass is 19.1. The van der Waals surface area contributed by atoms with Crippen molar-refractivity contribution >= 4 is 17.6 Å². The minimum atomic E-state index is -1.39. The van der Waals surface area contributed by atoms with Crippen molar-refractivity contribution in [3.63, 3.8) is 0 Å². The van der Waals surface area contributed by atoms with Crippen molar-refractivity contribution in [3.8, 4) is 0 Å². The van der Waals surface area contributed by atoms with E-state index < -0.39 is 34.7 Å². The van der Waals surface area contributed by atoms with E-state index in [1.54, 1.807) is 0 Å². The van der Waals surface area contributed by atoms with Gasteiger partial charge in [-0.1, -0.05) is 6.07 Å². The molecule has 1 aliphatic heterocycles. The van der Waals surface area contributed by atoms with Crippen LogP contribution in [0.15, 0.2) is 18.2 Å². The van der Waals surface area contributed by atoms with E-state index in [0.717, 1.165) is 12.1 Å². The minimum Gasteiger partial charge on any atom is -0.480 e. The first-order chi connectivity index (χ1) is 9.82. The van der Waals surface area contributed by atoms with Gasteiger partial charge in [0.2, 0.25) is 5.91 Å². The van der Waals surface area contributed by atoms with Crippen molar-refractivity contribution < 1.29 is 23.5 Å². The van der Waals surface area contributed by atoms with Gasteiger partial charge in [-0.25, -0.2) is 8.78 Å². The molecule has 4 N–H and O–H groups in total. The summed E-state index contributed by atoms with van der Waals surface area (Å²) < 4.78 is 26.8. The van der Waals surface area contributed by atoms with Gasteiger partial charge in [-0.15, -0.1) is 0 Å². The summed E-state index contributed by atoms with van der Waals surface area (Å²) >= 11 is 0. The van der Waals surface area contributed by atoms with Gasteiger partial charge in [0.15, 0.2) is 0 Å². The van der Waals surface area contributed by atoms with Crippen LogP contribution in [-0.4, -0.2) is 47.1 Å². The van der Waals surface area contributed by atoms with Crippen LogP contribution in [0.2, 0.25) is 0 Å². The monoisotopic (exact) mass is 299 g/mol. The van der Waals surface area contributed by atoms with Crippen molar-refractivity contribution in [1.82, 2.24) is 4.90 Å². The maximum atomic E-state index is 13.4. The number of carbonyl (C=O) groups is 2. The molecule has 114 valence electrons. The molecule has 1 aromatic carbocycles. The molecule has 1 saturated heterocycles. The molecule has 1 aromatic rings. The van der Waals surface area contributed by atoms with Gasteiger partial charge in [-0.05, 0) is 18.6 Å². The number of benzene rings is 1. The lowest BCUT2D eigenvalue weighted by atomic mass is 10.0. The lowest BCUT2D eigenvalue weighted by Gasteiger charge is -2.19. The second kappa shape index (κ2) is 5.74. The molecule has 0 aliphatic carbocycles. The van der Waals surface area contributed by atoms with Crippen molar-refractivity contribution in [3.05, 3.63) is 29.8 Å². The number of likely N-dealkylation sites (tertiary alicyclic amines) is 1. The number of aliphatic carboxylic acids is 1. The fourth-order valence-electron chi connectivity index (χ4n) is 2.22. The van der Waals surface area contributed by atoms with Crippen molar-refractivity contribution in [2.45, 2.75) is 12.0 Å². The van der Waals surface area contributed by atoms with Gasteiger partial charge in [-0.3, -0.25) is 14.5 Å². The Labute approximate surface area is 119 Å². The van der Waals surface area contributed by atoms with E-state index in [1.807, 2.05) is 0 Å². The Morgan fingerprint density at radius 3 is 2.52 bits per heavy atom. The van der Waals surface area contributed by atoms with Crippen LogP contribution in [-0.2, 0) is 9.59 Å². The smallest absolute Gasteiger partial charge is 0.325 e. The minimum absolute atomic E-state index is 0.00943. The Hall–Kier alpha value is -2.06. The molecular formula is C13H15F2N3O3. The summed E-state index contributed by atoms with van der Waals surface area (Å²) in [6, 6.07) is 3.25. The molecule has 8 heteroatoms. The van der Waals surface area contributed by atoms with Gasteiger partial charge in [0.05, 0.1) is 6.54 Å². The molecule has 1 amide bonds. The van der Waals surface area contributed by atoms with E-state index in [2.05, 4.69) is 5.32 Å². The van der Waals surface area contributed by atoms with Crippen LogP contribution in [0.25, 0.3) is 0 Å². The number of halogens is 2. The topological polar surface area (TPSA) is 95.7 Å². The van der Waals surface area contributed by atoms with Gasteiger partial charge in [-0.2, -0.15) is 0 Å². The summed E-state index contributed by atoms with van der Waals surface area (Å²) in [5.74, 6) is -3.51. The average molecular weight is 299 g/mol.